The van der Waals surface area contributed by atoms with Crippen LogP contribution in [0.5, 0.6) is 11.5 Å². The van der Waals surface area contributed by atoms with Gasteiger partial charge in [0.25, 0.3) is 0 Å². The first-order valence-electron chi connectivity index (χ1n) is 8.56. The molecule has 1 aromatic rings. The zero-order valence-electron chi connectivity index (χ0n) is 14.2. The standard InChI is InChI=1S/C18H28N2O3/c1-3-11-23-17-6-5-16(14-18(17)22-4-2)15-19-7-8-20-9-12-21-13-10-20/h3,5-6,14,19H,1,4,7-13,15H2,2H3/p+2. The minimum atomic E-state index is 0.494. The molecule has 0 spiro atoms. The SMILES string of the molecule is C=CCOc1ccc(C[NH2+]CC[NH+]2CCOCC2)cc1OCC. The third kappa shape index (κ3) is 6.22. The molecule has 1 aliphatic heterocycles. The van der Waals surface area contributed by atoms with Gasteiger partial charge in [-0.2, -0.15) is 0 Å². The lowest BCUT2D eigenvalue weighted by molar-refractivity contribution is -0.920. The molecule has 0 amide bonds. The first-order valence-corrected chi connectivity index (χ1v) is 8.56. The number of quaternary nitrogens is 2. The summed E-state index contributed by atoms with van der Waals surface area (Å²) < 4.78 is 16.7. The maximum atomic E-state index is 5.68. The summed E-state index contributed by atoms with van der Waals surface area (Å²) in [4.78, 5) is 1.65. The second-order valence-corrected chi connectivity index (χ2v) is 5.71. The van der Waals surface area contributed by atoms with E-state index < -0.39 is 0 Å². The second-order valence-electron chi connectivity index (χ2n) is 5.71. The highest BCUT2D eigenvalue weighted by atomic mass is 16.5. The van der Waals surface area contributed by atoms with E-state index in [1.54, 1.807) is 11.0 Å². The molecule has 0 saturated carbocycles. The molecule has 1 aromatic carbocycles. The van der Waals surface area contributed by atoms with Crippen molar-refractivity contribution in [1.82, 2.24) is 0 Å². The van der Waals surface area contributed by atoms with Crippen LogP contribution in [0.3, 0.4) is 0 Å². The molecule has 3 N–H and O–H groups in total. The lowest BCUT2D eigenvalue weighted by Crippen LogP contribution is -3.16. The highest BCUT2D eigenvalue weighted by molar-refractivity contribution is 5.42. The van der Waals surface area contributed by atoms with E-state index in [4.69, 9.17) is 14.2 Å². The quantitative estimate of drug-likeness (QED) is 0.456. The van der Waals surface area contributed by atoms with Crippen molar-refractivity contribution in [2.75, 3.05) is 52.6 Å². The van der Waals surface area contributed by atoms with Gasteiger partial charge in [-0.1, -0.05) is 12.7 Å². The third-order valence-electron chi connectivity index (χ3n) is 3.95. The molecule has 0 aliphatic carbocycles. The number of hydrogen-bond acceptors (Lipinski definition) is 3. The Balaban J connectivity index is 1.79. The Morgan fingerprint density at radius 1 is 1.26 bits per heavy atom. The summed E-state index contributed by atoms with van der Waals surface area (Å²) in [7, 11) is 0. The van der Waals surface area contributed by atoms with E-state index in [1.165, 1.54) is 12.1 Å². The summed E-state index contributed by atoms with van der Waals surface area (Å²) in [6.07, 6.45) is 1.74. The number of ether oxygens (including phenoxy) is 3. The highest BCUT2D eigenvalue weighted by Gasteiger charge is 2.14. The Bertz CT molecular complexity index is 473. The molecule has 128 valence electrons. The molecule has 0 bridgehead atoms. The third-order valence-corrected chi connectivity index (χ3v) is 3.95. The van der Waals surface area contributed by atoms with Crippen LogP contribution in [-0.4, -0.2) is 52.6 Å². The molecule has 0 atom stereocenters. The number of nitrogens with one attached hydrogen (secondary N) is 1. The van der Waals surface area contributed by atoms with Crippen molar-refractivity contribution < 1.29 is 24.4 Å². The van der Waals surface area contributed by atoms with Crippen LogP contribution in [0.4, 0.5) is 0 Å². The van der Waals surface area contributed by atoms with Crippen LogP contribution >= 0.6 is 0 Å². The maximum absolute atomic E-state index is 5.68. The van der Waals surface area contributed by atoms with Gasteiger partial charge < -0.3 is 24.4 Å². The molecule has 1 aliphatic rings. The van der Waals surface area contributed by atoms with Crippen LogP contribution in [0.1, 0.15) is 12.5 Å². The van der Waals surface area contributed by atoms with E-state index in [0.717, 1.165) is 50.9 Å². The van der Waals surface area contributed by atoms with Gasteiger partial charge in [-0.05, 0) is 25.1 Å². The fourth-order valence-electron chi connectivity index (χ4n) is 2.70. The van der Waals surface area contributed by atoms with Crippen LogP contribution in [0, 0.1) is 0 Å². The second kappa shape index (κ2) is 10.3. The summed E-state index contributed by atoms with van der Waals surface area (Å²) in [5, 5.41) is 2.36. The average molecular weight is 322 g/mol. The van der Waals surface area contributed by atoms with Gasteiger partial charge in [-0.25, -0.2) is 0 Å². The van der Waals surface area contributed by atoms with Crippen molar-refractivity contribution in [2.24, 2.45) is 0 Å². The molecule has 0 aromatic heterocycles. The van der Waals surface area contributed by atoms with Crippen LogP contribution in [-0.2, 0) is 11.3 Å². The smallest absolute Gasteiger partial charge is 0.161 e. The number of morpholine rings is 1. The summed E-state index contributed by atoms with van der Waals surface area (Å²) in [6.45, 7) is 14.2. The van der Waals surface area contributed by atoms with E-state index in [-0.39, 0.29) is 0 Å². The van der Waals surface area contributed by atoms with Crippen molar-refractivity contribution in [3.63, 3.8) is 0 Å². The zero-order valence-corrected chi connectivity index (χ0v) is 14.2. The van der Waals surface area contributed by atoms with Gasteiger partial charge in [0.1, 0.15) is 39.3 Å². The fourth-order valence-corrected chi connectivity index (χ4v) is 2.70. The van der Waals surface area contributed by atoms with Crippen molar-refractivity contribution in [1.29, 1.82) is 0 Å². The van der Waals surface area contributed by atoms with Crippen LogP contribution in [0.2, 0.25) is 0 Å². The van der Waals surface area contributed by atoms with Gasteiger partial charge in [-0.15, -0.1) is 0 Å². The van der Waals surface area contributed by atoms with Crippen molar-refractivity contribution >= 4 is 0 Å². The number of rotatable bonds is 10. The van der Waals surface area contributed by atoms with Crippen molar-refractivity contribution in [2.45, 2.75) is 13.5 Å². The molecule has 0 radical (unpaired) electrons. The monoisotopic (exact) mass is 322 g/mol. The first kappa shape index (κ1) is 17.8. The lowest BCUT2D eigenvalue weighted by atomic mass is 10.2. The highest BCUT2D eigenvalue weighted by Crippen LogP contribution is 2.28. The fraction of sp³-hybridized carbons (Fsp3) is 0.556. The number of benzene rings is 1. The van der Waals surface area contributed by atoms with Crippen molar-refractivity contribution in [3.05, 3.63) is 36.4 Å². The molecule has 1 saturated heterocycles. The lowest BCUT2D eigenvalue weighted by Gasteiger charge is -2.22. The van der Waals surface area contributed by atoms with Gasteiger partial charge in [0.15, 0.2) is 11.5 Å². The van der Waals surface area contributed by atoms with Gasteiger partial charge >= 0.3 is 0 Å². The average Bonchev–Trinajstić information content (AvgIpc) is 2.59. The molecule has 2 rings (SSSR count). The van der Waals surface area contributed by atoms with Crippen molar-refractivity contribution in [3.8, 4) is 11.5 Å². The number of nitrogens with two attached hydrogens (primary N) is 1. The topological polar surface area (TPSA) is 48.7 Å². The predicted octanol–water partition coefficient (Wildman–Crippen LogP) is -0.371. The van der Waals surface area contributed by atoms with Gasteiger partial charge in [0, 0.05) is 5.56 Å². The van der Waals surface area contributed by atoms with Gasteiger partial charge in [0.2, 0.25) is 0 Å². The predicted molar refractivity (Wildman–Crippen MR) is 90.2 cm³/mol. The Morgan fingerprint density at radius 3 is 2.83 bits per heavy atom. The molecule has 23 heavy (non-hydrogen) atoms. The molecule has 5 nitrogen and oxygen atoms in total. The van der Waals surface area contributed by atoms with Gasteiger partial charge in [0.05, 0.1) is 19.8 Å². The van der Waals surface area contributed by atoms with Gasteiger partial charge in [-0.3, -0.25) is 0 Å². The molecule has 1 heterocycles. The summed E-state index contributed by atoms with van der Waals surface area (Å²) in [5.41, 5.74) is 1.26. The molecule has 5 heteroatoms. The number of hydrogen-bond donors (Lipinski definition) is 2. The normalized spacial score (nSPS) is 15.3. The van der Waals surface area contributed by atoms with Crippen LogP contribution in [0.15, 0.2) is 30.9 Å². The van der Waals surface area contributed by atoms with E-state index in [0.29, 0.717) is 13.2 Å². The Hall–Kier alpha value is -1.56. The summed E-state index contributed by atoms with van der Waals surface area (Å²) in [5.74, 6) is 1.60. The molecular formula is C18H30N2O3+2. The zero-order chi connectivity index (χ0) is 16.3. The largest absolute Gasteiger partial charge is 0.490 e. The van der Waals surface area contributed by atoms with Crippen LogP contribution in [0.25, 0.3) is 0 Å². The Morgan fingerprint density at radius 2 is 2.09 bits per heavy atom. The minimum Gasteiger partial charge on any atom is -0.490 e. The molecule has 0 unspecified atom stereocenters. The summed E-state index contributed by atoms with van der Waals surface area (Å²) >= 11 is 0. The Labute approximate surface area is 139 Å². The van der Waals surface area contributed by atoms with E-state index in [9.17, 15) is 0 Å². The minimum absolute atomic E-state index is 0.494. The summed E-state index contributed by atoms with van der Waals surface area (Å²) in [6, 6.07) is 6.18. The van der Waals surface area contributed by atoms with Crippen LogP contribution < -0.4 is 19.7 Å². The van der Waals surface area contributed by atoms with E-state index in [2.05, 4.69) is 24.0 Å². The Kier molecular flexibility index (Phi) is 7.93. The maximum Gasteiger partial charge on any atom is 0.161 e. The molecular weight excluding hydrogens is 292 g/mol. The first-order chi connectivity index (χ1) is 11.3. The van der Waals surface area contributed by atoms with E-state index in [1.807, 2.05) is 13.0 Å². The molecule has 1 fully saturated rings. The van der Waals surface area contributed by atoms with E-state index >= 15 is 0 Å².